The lowest BCUT2D eigenvalue weighted by Crippen LogP contribution is -2.03. The Hall–Kier alpha value is -3.28. The molecule has 122 valence electrons. The number of phenols is 2. The molecule has 2 N–H and O–H groups in total. The first-order valence-electron chi connectivity index (χ1n) is 7.14. The minimum Gasteiger partial charge on any atom is -0.508 e. The number of aromatic hydroxyl groups is 2. The number of phenolic OH excluding ortho intramolecular Hbond substituents is 2. The molecule has 24 heavy (non-hydrogen) atoms. The zero-order chi connectivity index (χ0) is 17.3. The normalized spacial score (nSPS) is 10.7. The maximum Gasteiger partial charge on any atom is 0.373 e. The zero-order valence-corrected chi connectivity index (χ0v) is 12.8. The van der Waals surface area contributed by atoms with Gasteiger partial charge in [0.1, 0.15) is 17.1 Å². The fourth-order valence-corrected chi connectivity index (χ4v) is 2.44. The number of fused-ring (bicyclic) bond motifs is 1. The molecule has 3 rings (SSSR count). The van der Waals surface area contributed by atoms with Gasteiger partial charge >= 0.3 is 5.97 Å². The fourth-order valence-electron chi connectivity index (χ4n) is 2.44. The molecular weight excluding hydrogens is 312 g/mol. The van der Waals surface area contributed by atoms with Crippen molar-refractivity contribution in [2.24, 2.45) is 0 Å². The van der Waals surface area contributed by atoms with E-state index in [1.807, 2.05) is 0 Å². The zero-order valence-electron chi connectivity index (χ0n) is 12.8. The number of carbonyl (C=O) groups is 2. The number of hydrogen-bond acceptors (Lipinski definition) is 6. The van der Waals surface area contributed by atoms with E-state index in [-0.39, 0.29) is 35.0 Å². The lowest BCUT2D eigenvalue weighted by Gasteiger charge is -2.05. The van der Waals surface area contributed by atoms with Gasteiger partial charge in [0.15, 0.2) is 5.78 Å². The van der Waals surface area contributed by atoms with E-state index in [0.29, 0.717) is 16.5 Å². The average Bonchev–Trinajstić information content (AvgIpc) is 2.97. The number of benzene rings is 2. The van der Waals surface area contributed by atoms with Gasteiger partial charge in [-0.25, -0.2) is 4.79 Å². The first kappa shape index (κ1) is 15.6. The van der Waals surface area contributed by atoms with E-state index in [9.17, 15) is 19.8 Å². The van der Waals surface area contributed by atoms with E-state index < -0.39 is 5.97 Å². The third kappa shape index (κ3) is 2.94. The molecule has 0 unspecified atom stereocenters. The van der Waals surface area contributed by atoms with Crippen LogP contribution in [0.2, 0.25) is 0 Å². The first-order chi connectivity index (χ1) is 11.5. The summed E-state index contributed by atoms with van der Waals surface area (Å²) < 4.78 is 9.98. The van der Waals surface area contributed by atoms with Crippen molar-refractivity contribution in [1.29, 1.82) is 0 Å². The van der Waals surface area contributed by atoms with Gasteiger partial charge in [0.2, 0.25) is 5.76 Å². The van der Waals surface area contributed by atoms with Gasteiger partial charge in [0.05, 0.1) is 12.7 Å². The van der Waals surface area contributed by atoms with Crippen molar-refractivity contribution in [3.05, 3.63) is 59.4 Å². The lowest BCUT2D eigenvalue weighted by molar-refractivity contribution is 0.0567. The van der Waals surface area contributed by atoms with E-state index in [4.69, 9.17) is 4.42 Å². The Morgan fingerprint density at radius 3 is 2.58 bits per heavy atom. The summed E-state index contributed by atoms with van der Waals surface area (Å²) in [7, 11) is 1.27. The highest BCUT2D eigenvalue weighted by Gasteiger charge is 2.15. The molecule has 0 saturated carbocycles. The third-order valence-electron chi connectivity index (χ3n) is 3.61. The highest BCUT2D eigenvalue weighted by Crippen LogP contribution is 2.25. The average molecular weight is 326 g/mol. The van der Waals surface area contributed by atoms with Crippen LogP contribution in [-0.2, 0) is 11.2 Å². The van der Waals surface area contributed by atoms with Gasteiger partial charge < -0.3 is 19.4 Å². The predicted molar refractivity (Wildman–Crippen MR) is 85.4 cm³/mol. The molecule has 0 amide bonds. The van der Waals surface area contributed by atoms with Crippen LogP contribution in [0.5, 0.6) is 11.5 Å². The van der Waals surface area contributed by atoms with E-state index in [2.05, 4.69) is 4.74 Å². The molecule has 0 atom stereocenters. The number of esters is 1. The van der Waals surface area contributed by atoms with Crippen LogP contribution in [-0.4, -0.2) is 29.1 Å². The molecule has 0 aliphatic heterocycles. The number of ketones is 1. The molecule has 0 fully saturated rings. The van der Waals surface area contributed by atoms with Gasteiger partial charge in [0.25, 0.3) is 0 Å². The number of hydrogen-bond donors (Lipinski definition) is 2. The lowest BCUT2D eigenvalue weighted by atomic mass is 10.0. The number of carbonyl (C=O) groups excluding carboxylic acids is 2. The number of ether oxygens (including phenoxy) is 1. The number of rotatable bonds is 4. The van der Waals surface area contributed by atoms with Crippen molar-refractivity contribution in [3.8, 4) is 11.5 Å². The quantitative estimate of drug-likeness (QED) is 0.565. The molecule has 0 aliphatic carbocycles. The third-order valence-corrected chi connectivity index (χ3v) is 3.61. The van der Waals surface area contributed by atoms with Crippen LogP contribution >= 0.6 is 0 Å². The molecule has 0 aliphatic rings. The van der Waals surface area contributed by atoms with Gasteiger partial charge in [-0.2, -0.15) is 0 Å². The topological polar surface area (TPSA) is 97.0 Å². The van der Waals surface area contributed by atoms with Gasteiger partial charge in [-0.3, -0.25) is 4.79 Å². The van der Waals surface area contributed by atoms with Crippen molar-refractivity contribution in [1.82, 2.24) is 0 Å². The van der Waals surface area contributed by atoms with Crippen molar-refractivity contribution < 1.29 is 29.0 Å². The van der Waals surface area contributed by atoms with Crippen LogP contribution in [0.3, 0.4) is 0 Å². The number of Topliss-reactive ketones (excluding diaryl/α,β-unsaturated/α-hetero) is 1. The van der Waals surface area contributed by atoms with Crippen LogP contribution in [0.15, 0.2) is 46.9 Å². The Morgan fingerprint density at radius 1 is 1.08 bits per heavy atom. The second kappa shape index (κ2) is 6.08. The van der Waals surface area contributed by atoms with Gasteiger partial charge in [-0.1, -0.05) is 6.07 Å². The van der Waals surface area contributed by atoms with E-state index in [1.54, 1.807) is 24.3 Å². The maximum atomic E-state index is 12.3. The molecule has 1 heterocycles. The first-order valence-corrected chi connectivity index (χ1v) is 7.14. The van der Waals surface area contributed by atoms with Crippen LogP contribution in [0.1, 0.15) is 26.5 Å². The Bertz CT molecular complexity index is 938. The minimum atomic E-state index is -0.571. The van der Waals surface area contributed by atoms with Crippen LogP contribution in [0.4, 0.5) is 0 Å². The molecule has 0 spiro atoms. The number of furan rings is 1. The predicted octanol–water partition coefficient (Wildman–Crippen LogP) is 3.06. The number of methoxy groups -OCH3 is 1. The molecule has 6 heteroatoms. The van der Waals surface area contributed by atoms with Gasteiger partial charge in [-0.05, 0) is 35.9 Å². The molecule has 6 nitrogen and oxygen atoms in total. The Balaban J connectivity index is 1.87. The van der Waals surface area contributed by atoms with Gasteiger partial charge in [0, 0.05) is 17.9 Å². The van der Waals surface area contributed by atoms with Crippen LogP contribution in [0.25, 0.3) is 11.0 Å². The van der Waals surface area contributed by atoms with Crippen LogP contribution in [0, 0.1) is 0 Å². The van der Waals surface area contributed by atoms with E-state index >= 15 is 0 Å². The molecule has 0 saturated heterocycles. The molecule has 0 radical (unpaired) electrons. The Kier molecular flexibility index (Phi) is 3.95. The molecule has 1 aromatic heterocycles. The molecular formula is C18H14O6. The summed E-state index contributed by atoms with van der Waals surface area (Å²) in [5.41, 5.74) is 1.35. The standard InChI is InChI=1S/C18H14O6/c1-23-18(22)17-8-11-6-10(2-5-16(11)24-17)7-14(20)13-4-3-12(19)9-15(13)21/h2-6,8-9,19,21H,7H2,1H3. The Labute approximate surface area is 136 Å². The summed E-state index contributed by atoms with van der Waals surface area (Å²) in [6, 6.07) is 10.5. The largest absolute Gasteiger partial charge is 0.508 e. The summed E-state index contributed by atoms with van der Waals surface area (Å²) in [4.78, 5) is 23.8. The SMILES string of the molecule is COC(=O)c1cc2cc(CC(=O)c3ccc(O)cc3O)ccc2o1. The molecule has 3 aromatic rings. The summed E-state index contributed by atoms with van der Waals surface area (Å²) in [6.07, 6.45) is 0.0625. The monoisotopic (exact) mass is 326 g/mol. The van der Waals surface area contributed by atoms with Crippen molar-refractivity contribution in [3.63, 3.8) is 0 Å². The highest BCUT2D eigenvalue weighted by molar-refractivity contribution is 6.00. The van der Waals surface area contributed by atoms with Crippen molar-refractivity contribution >= 4 is 22.7 Å². The van der Waals surface area contributed by atoms with E-state index in [0.717, 1.165) is 6.07 Å². The summed E-state index contributed by atoms with van der Waals surface area (Å²) in [5, 5.41) is 19.7. The summed E-state index contributed by atoms with van der Waals surface area (Å²) in [5.74, 6) is -1.15. The fraction of sp³-hybridized carbons (Fsp3) is 0.111. The Morgan fingerprint density at radius 2 is 1.88 bits per heavy atom. The van der Waals surface area contributed by atoms with Crippen molar-refractivity contribution in [2.75, 3.05) is 7.11 Å². The van der Waals surface area contributed by atoms with Crippen LogP contribution < -0.4 is 0 Å². The molecule has 2 aromatic carbocycles. The summed E-state index contributed by atoms with van der Waals surface area (Å²) in [6.45, 7) is 0. The maximum absolute atomic E-state index is 12.3. The van der Waals surface area contributed by atoms with E-state index in [1.165, 1.54) is 19.2 Å². The molecule has 0 bridgehead atoms. The second-order valence-electron chi connectivity index (χ2n) is 5.28. The smallest absolute Gasteiger partial charge is 0.373 e. The van der Waals surface area contributed by atoms with Gasteiger partial charge in [-0.15, -0.1) is 0 Å². The second-order valence-corrected chi connectivity index (χ2v) is 5.28. The minimum absolute atomic E-state index is 0.0625. The summed E-state index contributed by atoms with van der Waals surface area (Å²) >= 11 is 0. The highest BCUT2D eigenvalue weighted by atomic mass is 16.5. The van der Waals surface area contributed by atoms with Crippen molar-refractivity contribution in [2.45, 2.75) is 6.42 Å².